The van der Waals surface area contributed by atoms with E-state index in [1.54, 1.807) is 25.3 Å². The normalized spacial score (nSPS) is 11.1. The van der Waals surface area contributed by atoms with Crippen molar-refractivity contribution in [1.82, 2.24) is 9.97 Å². The molecule has 0 aliphatic rings. The van der Waals surface area contributed by atoms with Crippen LogP contribution in [0.1, 0.15) is 5.69 Å². The number of aryl methyl sites for hydroxylation is 1. The van der Waals surface area contributed by atoms with Crippen LogP contribution in [0.3, 0.4) is 0 Å². The summed E-state index contributed by atoms with van der Waals surface area (Å²) in [6, 6.07) is 23.9. The van der Waals surface area contributed by atoms with E-state index in [-0.39, 0.29) is 5.82 Å². The van der Waals surface area contributed by atoms with Crippen molar-refractivity contribution in [3.63, 3.8) is 0 Å². The fourth-order valence-corrected chi connectivity index (χ4v) is 3.75. The Labute approximate surface area is 179 Å². The Kier molecular flexibility index (Phi) is 4.71. The molecule has 0 saturated heterocycles. The predicted molar refractivity (Wildman–Crippen MR) is 119 cm³/mol. The molecular weight excluding hydrogens is 391 g/mol. The summed E-state index contributed by atoms with van der Waals surface area (Å²) >= 11 is 0. The first-order chi connectivity index (χ1) is 15.2. The number of halogens is 1. The molecule has 0 saturated carbocycles. The van der Waals surface area contributed by atoms with Crippen LogP contribution in [-0.4, -0.2) is 17.1 Å². The third-order valence-corrected chi connectivity index (χ3v) is 5.26. The maximum atomic E-state index is 14.7. The lowest BCUT2D eigenvalue weighted by Crippen LogP contribution is -1.93. The maximum absolute atomic E-state index is 14.7. The van der Waals surface area contributed by atoms with Gasteiger partial charge in [0, 0.05) is 11.1 Å². The number of rotatable bonds is 4. The molecule has 2 aromatic heterocycles. The quantitative estimate of drug-likeness (QED) is 0.332. The van der Waals surface area contributed by atoms with E-state index in [0.717, 1.165) is 33.5 Å². The Morgan fingerprint density at radius 3 is 2.23 bits per heavy atom. The molecule has 0 aliphatic carbocycles. The molecule has 5 aromatic rings. The van der Waals surface area contributed by atoms with Crippen LogP contribution in [0.15, 0.2) is 83.3 Å². The number of furan rings is 1. The summed E-state index contributed by atoms with van der Waals surface area (Å²) in [6.07, 6.45) is 0. The molecule has 152 valence electrons. The molecule has 0 amide bonds. The van der Waals surface area contributed by atoms with Crippen LogP contribution in [0.2, 0.25) is 0 Å². The van der Waals surface area contributed by atoms with Crippen molar-refractivity contribution in [2.45, 2.75) is 6.92 Å². The lowest BCUT2D eigenvalue weighted by Gasteiger charge is -2.07. The fraction of sp³-hybridized carbons (Fsp3) is 0.0769. The third-order valence-electron chi connectivity index (χ3n) is 5.26. The minimum Gasteiger partial charge on any atom is -0.497 e. The Morgan fingerprint density at radius 2 is 1.52 bits per heavy atom. The number of ether oxygens (including phenoxy) is 1. The fourth-order valence-electron chi connectivity index (χ4n) is 3.75. The first-order valence-corrected chi connectivity index (χ1v) is 9.91. The molecule has 0 radical (unpaired) electrons. The van der Waals surface area contributed by atoms with E-state index in [9.17, 15) is 4.39 Å². The van der Waals surface area contributed by atoms with E-state index >= 15 is 0 Å². The molecule has 0 aliphatic heterocycles. The Hall–Kier alpha value is -3.99. The largest absolute Gasteiger partial charge is 0.497 e. The van der Waals surface area contributed by atoms with E-state index in [2.05, 4.69) is 4.98 Å². The second kappa shape index (κ2) is 7.69. The van der Waals surface area contributed by atoms with Crippen LogP contribution >= 0.6 is 0 Å². The number of nitrogens with zero attached hydrogens (tertiary/aromatic N) is 2. The van der Waals surface area contributed by atoms with Gasteiger partial charge in [0.2, 0.25) is 5.71 Å². The number of hydrogen-bond donors (Lipinski definition) is 0. The maximum Gasteiger partial charge on any atom is 0.231 e. The molecule has 5 rings (SSSR count). The van der Waals surface area contributed by atoms with Crippen molar-refractivity contribution in [2.24, 2.45) is 0 Å². The smallest absolute Gasteiger partial charge is 0.231 e. The predicted octanol–water partition coefficient (Wildman–Crippen LogP) is 6.68. The molecule has 0 N–H and O–H groups in total. The highest BCUT2D eigenvalue weighted by Crippen LogP contribution is 2.42. The van der Waals surface area contributed by atoms with Crippen molar-refractivity contribution in [3.8, 4) is 39.6 Å². The van der Waals surface area contributed by atoms with Crippen LogP contribution in [0.4, 0.5) is 4.39 Å². The van der Waals surface area contributed by atoms with Gasteiger partial charge in [-0.3, -0.25) is 0 Å². The summed E-state index contributed by atoms with van der Waals surface area (Å²) in [4.78, 5) is 9.41. The van der Waals surface area contributed by atoms with E-state index in [1.807, 2.05) is 61.5 Å². The highest BCUT2D eigenvalue weighted by Gasteiger charge is 2.23. The van der Waals surface area contributed by atoms with Gasteiger partial charge in [0.25, 0.3) is 0 Å². The van der Waals surface area contributed by atoms with E-state index in [1.165, 1.54) is 6.07 Å². The topological polar surface area (TPSA) is 48.2 Å². The molecule has 0 atom stereocenters. The summed E-state index contributed by atoms with van der Waals surface area (Å²) < 4.78 is 26.2. The number of hydrogen-bond acceptors (Lipinski definition) is 4. The van der Waals surface area contributed by atoms with Gasteiger partial charge in [0.05, 0.1) is 23.8 Å². The van der Waals surface area contributed by atoms with E-state index in [0.29, 0.717) is 22.9 Å². The standard InChI is InChI=1S/C26H19FN2O2/c1-16-22-23(17-12-14-19(30-2)15-13-17)24(20-10-6-7-11-21(20)27)31-26(22)29-25(28-16)18-8-4-3-5-9-18/h3-15H,1-2H3. The van der Waals surface area contributed by atoms with E-state index < -0.39 is 0 Å². The van der Waals surface area contributed by atoms with Crippen molar-refractivity contribution in [1.29, 1.82) is 0 Å². The summed E-state index contributed by atoms with van der Waals surface area (Å²) in [5.74, 6) is 1.38. The molecule has 0 spiro atoms. The van der Waals surface area contributed by atoms with Gasteiger partial charge in [-0.25, -0.2) is 9.37 Å². The number of methoxy groups -OCH3 is 1. The van der Waals surface area contributed by atoms with Crippen LogP contribution < -0.4 is 4.74 Å². The number of fused-ring (bicyclic) bond motifs is 1. The SMILES string of the molecule is COc1ccc(-c2c(-c3ccccc3F)oc3nc(-c4ccccc4)nc(C)c23)cc1. The summed E-state index contributed by atoms with van der Waals surface area (Å²) in [6.45, 7) is 1.92. The van der Waals surface area contributed by atoms with Gasteiger partial charge < -0.3 is 9.15 Å². The first-order valence-electron chi connectivity index (χ1n) is 9.91. The lowest BCUT2D eigenvalue weighted by atomic mass is 9.98. The van der Waals surface area contributed by atoms with Gasteiger partial charge in [-0.05, 0) is 36.8 Å². The zero-order valence-electron chi connectivity index (χ0n) is 17.1. The minimum absolute atomic E-state index is 0.356. The highest BCUT2D eigenvalue weighted by atomic mass is 19.1. The van der Waals surface area contributed by atoms with Crippen LogP contribution in [-0.2, 0) is 0 Å². The second-order valence-corrected chi connectivity index (χ2v) is 7.19. The van der Waals surface area contributed by atoms with Gasteiger partial charge in [0.1, 0.15) is 17.3 Å². The Morgan fingerprint density at radius 1 is 0.806 bits per heavy atom. The average Bonchev–Trinajstić information content (AvgIpc) is 3.20. The molecule has 4 nitrogen and oxygen atoms in total. The van der Waals surface area contributed by atoms with Gasteiger partial charge in [0.15, 0.2) is 5.82 Å². The molecule has 2 heterocycles. The van der Waals surface area contributed by atoms with Crippen LogP contribution in [0, 0.1) is 12.7 Å². The number of aromatic nitrogens is 2. The monoisotopic (exact) mass is 410 g/mol. The zero-order chi connectivity index (χ0) is 21.4. The van der Waals surface area contributed by atoms with Crippen molar-refractivity contribution in [3.05, 3.63) is 90.4 Å². The Balaban J connectivity index is 1.81. The van der Waals surface area contributed by atoms with Crippen LogP contribution in [0.5, 0.6) is 5.75 Å². The summed E-state index contributed by atoms with van der Waals surface area (Å²) in [5.41, 5.74) is 4.10. The molecule has 0 bridgehead atoms. The summed E-state index contributed by atoms with van der Waals surface area (Å²) in [7, 11) is 1.62. The number of benzene rings is 3. The first kappa shape index (κ1) is 19.0. The van der Waals surface area contributed by atoms with Gasteiger partial charge in [-0.1, -0.05) is 54.6 Å². The van der Waals surface area contributed by atoms with Crippen molar-refractivity contribution < 1.29 is 13.5 Å². The zero-order valence-corrected chi connectivity index (χ0v) is 17.1. The highest BCUT2D eigenvalue weighted by molar-refractivity contribution is 6.02. The summed E-state index contributed by atoms with van der Waals surface area (Å²) in [5, 5.41) is 0.767. The minimum atomic E-state index is -0.356. The van der Waals surface area contributed by atoms with Crippen LogP contribution in [0.25, 0.3) is 44.9 Å². The van der Waals surface area contributed by atoms with E-state index in [4.69, 9.17) is 14.1 Å². The van der Waals surface area contributed by atoms with Gasteiger partial charge in [-0.15, -0.1) is 0 Å². The average molecular weight is 410 g/mol. The molecular formula is C26H19FN2O2. The van der Waals surface area contributed by atoms with Crippen molar-refractivity contribution >= 4 is 11.1 Å². The molecule has 0 fully saturated rings. The van der Waals surface area contributed by atoms with Gasteiger partial charge in [-0.2, -0.15) is 4.98 Å². The third kappa shape index (κ3) is 3.34. The molecule has 0 unspecified atom stereocenters. The molecule has 3 aromatic carbocycles. The second-order valence-electron chi connectivity index (χ2n) is 7.19. The lowest BCUT2D eigenvalue weighted by molar-refractivity contribution is 0.415. The molecule has 5 heteroatoms. The van der Waals surface area contributed by atoms with Gasteiger partial charge >= 0.3 is 0 Å². The van der Waals surface area contributed by atoms with Crippen molar-refractivity contribution in [2.75, 3.05) is 7.11 Å². The Bertz CT molecular complexity index is 1380. The molecule has 31 heavy (non-hydrogen) atoms.